The van der Waals surface area contributed by atoms with Crippen molar-refractivity contribution in [3.8, 4) is 0 Å². The maximum atomic E-state index is 12.4. The third-order valence-electron chi connectivity index (χ3n) is 7.27. The van der Waals surface area contributed by atoms with E-state index in [4.69, 9.17) is 4.74 Å². The van der Waals surface area contributed by atoms with Gasteiger partial charge in [-0.1, -0.05) is 93.4 Å². The van der Waals surface area contributed by atoms with E-state index in [2.05, 4.69) is 19.1 Å². The number of carboxylic acid groups (broad SMARTS) is 1. The Kier molecular flexibility index (Phi) is 16.4. The van der Waals surface area contributed by atoms with Gasteiger partial charge in [0.25, 0.3) is 0 Å². The number of cyclic esters (lactones) is 1. The molecule has 0 bridgehead atoms. The Morgan fingerprint density at radius 1 is 1.07 bits per heavy atom. The molecule has 40 heavy (non-hydrogen) atoms. The van der Waals surface area contributed by atoms with Gasteiger partial charge in [-0.25, -0.2) is 4.79 Å². The number of carbonyl (C=O) groups excluding carboxylic acids is 1. The highest BCUT2D eigenvalue weighted by Gasteiger charge is 2.27. The average molecular weight is 557 g/mol. The lowest BCUT2D eigenvalue weighted by molar-refractivity contribution is -0.151. The summed E-state index contributed by atoms with van der Waals surface area (Å²) in [6.07, 6.45) is 17.6. The van der Waals surface area contributed by atoms with E-state index in [1.165, 1.54) is 0 Å². The summed E-state index contributed by atoms with van der Waals surface area (Å²) in [5, 5.41) is 30.1. The molecule has 0 saturated heterocycles. The standard InChI is InChI=1S/C34H52O6/c1-8-13-30(35)31(36)22-25(5)15-11-14-24(4)20-26(6)21-29(34(38)39)28-17-12-19-33(37)40-32(23(2)3)18-10-9-16-27(28)7/h9-11,14-15,20-23,27-28,30-32,35-36H,8,12-13,16-19H2,1-7H3,(H,38,39)/t27-,28-,30+,31+,32+/m0/s1. The number of esters is 1. The fourth-order valence-corrected chi connectivity index (χ4v) is 4.88. The van der Waals surface area contributed by atoms with E-state index in [-0.39, 0.29) is 36.2 Å². The van der Waals surface area contributed by atoms with Crippen LogP contribution in [0.15, 0.2) is 70.9 Å². The maximum Gasteiger partial charge on any atom is 0.331 e. The van der Waals surface area contributed by atoms with Crippen LogP contribution in [-0.4, -0.2) is 45.6 Å². The lowest BCUT2D eigenvalue weighted by Crippen LogP contribution is -2.24. The Labute approximate surface area is 241 Å². The number of rotatable bonds is 11. The Morgan fingerprint density at radius 2 is 1.75 bits per heavy atom. The third kappa shape index (κ3) is 13.6. The summed E-state index contributed by atoms with van der Waals surface area (Å²) in [4.78, 5) is 24.8. The topological polar surface area (TPSA) is 104 Å². The molecule has 1 rings (SSSR count). The van der Waals surface area contributed by atoms with Crippen LogP contribution >= 0.6 is 0 Å². The minimum atomic E-state index is -0.936. The summed E-state index contributed by atoms with van der Waals surface area (Å²) in [7, 11) is 0. The Balaban J connectivity index is 3.08. The smallest absolute Gasteiger partial charge is 0.331 e. The zero-order valence-corrected chi connectivity index (χ0v) is 25.6. The molecule has 0 radical (unpaired) electrons. The predicted molar refractivity (Wildman–Crippen MR) is 163 cm³/mol. The van der Waals surface area contributed by atoms with Gasteiger partial charge in [-0.15, -0.1) is 0 Å². The van der Waals surface area contributed by atoms with Gasteiger partial charge in [0.2, 0.25) is 0 Å². The molecule has 6 heteroatoms. The molecule has 1 heterocycles. The van der Waals surface area contributed by atoms with E-state index in [0.717, 1.165) is 29.6 Å². The summed E-state index contributed by atoms with van der Waals surface area (Å²) in [6.45, 7) is 13.8. The number of ether oxygens (including phenoxy) is 1. The van der Waals surface area contributed by atoms with Crippen molar-refractivity contribution >= 4 is 11.9 Å². The number of hydrogen-bond acceptors (Lipinski definition) is 5. The van der Waals surface area contributed by atoms with Crippen molar-refractivity contribution in [3.63, 3.8) is 0 Å². The van der Waals surface area contributed by atoms with E-state index >= 15 is 0 Å². The average Bonchev–Trinajstić information content (AvgIpc) is 2.86. The van der Waals surface area contributed by atoms with Crippen molar-refractivity contribution in [1.82, 2.24) is 0 Å². The molecule has 0 spiro atoms. The number of aliphatic hydroxyl groups is 2. The summed E-state index contributed by atoms with van der Waals surface area (Å²) in [5.41, 5.74) is 2.99. The monoisotopic (exact) mass is 556 g/mol. The molecule has 0 saturated carbocycles. The van der Waals surface area contributed by atoms with Crippen LogP contribution in [0.5, 0.6) is 0 Å². The maximum absolute atomic E-state index is 12.4. The second kappa shape index (κ2) is 18.6. The number of aliphatic hydroxyl groups excluding tert-OH is 2. The zero-order valence-electron chi connectivity index (χ0n) is 25.6. The normalized spacial score (nSPS) is 24.4. The molecule has 3 N–H and O–H groups in total. The van der Waals surface area contributed by atoms with Crippen molar-refractivity contribution in [2.24, 2.45) is 17.8 Å². The summed E-state index contributed by atoms with van der Waals surface area (Å²) < 4.78 is 5.68. The van der Waals surface area contributed by atoms with Crippen LogP contribution in [0, 0.1) is 17.8 Å². The van der Waals surface area contributed by atoms with Gasteiger partial charge in [0.05, 0.1) is 12.2 Å². The van der Waals surface area contributed by atoms with Gasteiger partial charge in [-0.3, -0.25) is 4.79 Å². The molecule has 5 atom stereocenters. The number of carboxylic acids is 1. The first kappa shape index (κ1) is 35.3. The van der Waals surface area contributed by atoms with E-state index in [0.29, 0.717) is 31.3 Å². The number of carbonyl (C=O) groups is 2. The first-order valence-electron chi connectivity index (χ1n) is 14.7. The van der Waals surface area contributed by atoms with Gasteiger partial charge in [0, 0.05) is 18.4 Å². The van der Waals surface area contributed by atoms with Crippen molar-refractivity contribution < 1.29 is 29.6 Å². The van der Waals surface area contributed by atoms with Crippen LogP contribution in [0.3, 0.4) is 0 Å². The molecule has 1 aliphatic rings. The lowest BCUT2D eigenvalue weighted by Gasteiger charge is -2.26. The molecule has 0 aromatic carbocycles. The van der Waals surface area contributed by atoms with Crippen molar-refractivity contribution in [3.05, 3.63) is 70.9 Å². The number of allylic oxidation sites excluding steroid dienone is 9. The predicted octanol–water partition coefficient (Wildman–Crippen LogP) is 7.25. The Bertz CT molecular complexity index is 994. The van der Waals surface area contributed by atoms with Crippen molar-refractivity contribution in [2.45, 2.75) is 112 Å². The van der Waals surface area contributed by atoms with Crippen LogP contribution in [0.1, 0.15) is 93.4 Å². The Hall–Kier alpha value is -2.70. The van der Waals surface area contributed by atoms with Crippen LogP contribution in [0.2, 0.25) is 0 Å². The highest BCUT2D eigenvalue weighted by Crippen LogP contribution is 2.31. The second-order valence-electron chi connectivity index (χ2n) is 11.5. The van der Waals surface area contributed by atoms with Crippen LogP contribution < -0.4 is 0 Å². The molecular weight excluding hydrogens is 504 g/mol. The first-order valence-corrected chi connectivity index (χ1v) is 14.7. The molecule has 0 unspecified atom stereocenters. The molecule has 0 aliphatic carbocycles. The van der Waals surface area contributed by atoms with E-state index in [1.807, 2.05) is 65.8 Å². The highest BCUT2D eigenvalue weighted by atomic mass is 16.5. The van der Waals surface area contributed by atoms with Crippen LogP contribution in [0.25, 0.3) is 0 Å². The molecule has 6 nitrogen and oxygen atoms in total. The van der Waals surface area contributed by atoms with Gasteiger partial charge in [-0.05, 0) is 70.3 Å². The fraction of sp³-hybridized carbons (Fsp3) is 0.588. The van der Waals surface area contributed by atoms with Gasteiger partial charge in [0.1, 0.15) is 6.10 Å². The fourth-order valence-electron chi connectivity index (χ4n) is 4.88. The van der Waals surface area contributed by atoms with E-state index < -0.39 is 18.2 Å². The van der Waals surface area contributed by atoms with Crippen LogP contribution in [-0.2, 0) is 14.3 Å². The largest absolute Gasteiger partial charge is 0.478 e. The summed E-state index contributed by atoms with van der Waals surface area (Å²) in [5.74, 6) is -0.996. The molecule has 0 aromatic rings. The molecule has 0 aromatic heterocycles. The minimum absolute atomic E-state index is 0.111. The third-order valence-corrected chi connectivity index (χ3v) is 7.27. The number of hydrogen-bond donors (Lipinski definition) is 3. The van der Waals surface area contributed by atoms with Gasteiger partial charge in [-0.2, -0.15) is 0 Å². The zero-order chi connectivity index (χ0) is 30.2. The SMILES string of the molecule is CCC[C@@H](O)[C@H](O)C=C(C)C=CC=C(C)C=C(C)C=C(C(=O)O)[C@H]1CCCC(=O)O[C@@H](C(C)C)CC=CC[C@@H]1C. The highest BCUT2D eigenvalue weighted by molar-refractivity contribution is 5.88. The number of aliphatic carboxylic acids is 1. The van der Waals surface area contributed by atoms with Gasteiger partial charge >= 0.3 is 11.9 Å². The molecule has 224 valence electrons. The Morgan fingerprint density at radius 3 is 2.38 bits per heavy atom. The molecule has 0 fully saturated rings. The van der Waals surface area contributed by atoms with Crippen molar-refractivity contribution in [1.29, 1.82) is 0 Å². The minimum Gasteiger partial charge on any atom is -0.478 e. The lowest BCUT2D eigenvalue weighted by atomic mass is 9.80. The van der Waals surface area contributed by atoms with Gasteiger partial charge in [0.15, 0.2) is 0 Å². The summed E-state index contributed by atoms with van der Waals surface area (Å²) in [6, 6.07) is 0. The van der Waals surface area contributed by atoms with E-state index in [9.17, 15) is 24.9 Å². The van der Waals surface area contributed by atoms with Crippen LogP contribution in [0.4, 0.5) is 0 Å². The quantitative estimate of drug-likeness (QED) is 0.107. The summed E-state index contributed by atoms with van der Waals surface area (Å²) >= 11 is 0. The van der Waals surface area contributed by atoms with Crippen molar-refractivity contribution in [2.75, 3.05) is 0 Å². The molecule has 1 aliphatic heterocycles. The van der Waals surface area contributed by atoms with E-state index in [1.54, 1.807) is 12.2 Å². The molecule has 0 amide bonds. The second-order valence-corrected chi connectivity index (χ2v) is 11.5. The van der Waals surface area contributed by atoms with Gasteiger partial charge < -0.3 is 20.1 Å². The molecular formula is C34H52O6. The first-order chi connectivity index (χ1) is 18.8.